The van der Waals surface area contributed by atoms with Crippen molar-refractivity contribution in [3.05, 3.63) is 64.0 Å². The molecule has 0 bridgehead atoms. The minimum atomic E-state index is -4.89. The molecule has 1 N–H and O–H groups in total. The van der Waals surface area contributed by atoms with Crippen LogP contribution in [0.15, 0.2) is 47.6 Å². The largest absolute Gasteiger partial charge is 0.485 e. The Balaban J connectivity index is 1.42. The zero-order valence-electron chi connectivity index (χ0n) is 17.4. The fourth-order valence-electron chi connectivity index (χ4n) is 3.18. The molecule has 1 aliphatic rings. The molecule has 10 nitrogen and oxygen atoms in total. The molecule has 0 radical (unpaired) electrons. The van der Waals surface area contributed by atoms with E-state index in [0.29, 0.717) is 28.5 Å². The minimum absolute atomic E-state index is 0.203. The summed E-state index contributed by atoms with van der Waals surface area (Å²) in [6, 6.07) is 9.26. The summed E-state index contributed by atoms with van der Waals surface area (Å²) in [6.45, 7) is 0.203. The van der Waals surface area contributed by atoms with Crippen LogP contribution in [0.3, 0.4) is 0 Å². The molecular weight excluding hydrogens is 479 g/mol. The van der Waals surface area contributed by atoms with E-state index in [0.717, 1.165) is 23.9 Å². The number of carbonyl (C=O) groups is 1. The molecule has 1 aliphatic heterocycles. The van der Waals surface area contributed by atoms with Gasteiger partial charge in [-0.2, -0.15) is 13.2 Å². The van der Waals surface area contributed by atoms with Crippen LogP contribution in [0, 0.1) is 10.1 Å². The summed E-state index contributed by atoms with van der Waals surface area (Å²) in [5.41, 5.74) is -2.62. The van der Waals surface area contributed by atoms with Crippen molar-refractivity contribution in [3.8, 4) is 11.5 Å². The topological polar surface area (TPSA) is 121 Å². The number of amides is 1. The molecule has 2 aromatic carbocycles. The van der Waals surface area contributed by atoms with Crippen LogP contribution in [0.1, 0.15) is 17.5 Å². The Kier molecular flexibility index (Phi) is 6.32. The predicted molar refractivity (Wildman–Crippen MR) is 114 cm³/mol. The molecule has 0 aliphatic carbocycles. The molecule has 34 heavy (non-hydrogen) atoms. The second-order valence-electron chi connectivity index (χ2n) is 7.09. The molecule has 3 aromatic rings. The number of nitro groups is 1. The minimum Gasteiger partial charge on any atom is -0.485 e. The van der Waals surface area contributed by atoms with Crippen LogP contribution < -0.4 is 14.8 Å². The lowest BCUT2D eigenvalue weighted by Crippen LogP contribution is -2.24. The first-order valence-electron chi connectivity index (χ1n) is 9.69. The Labute approximate surface area is 194 Å². The Morgan fingerprint density at radius 2 is 2.00 bits per heavy atom. The predicted octanol–water partition coefficient (Wildman–Crippen LogP) is 3.99. The van der Waals surface area contributed by atoms with Crippen LogP contribution in [0.25, 0.3) is 0 Å². The third-order valence-electron chi connectivity index (χ3n) is 4.79. The van der Waals surface area contributed by atoms with Crippen LogP contribution in [0.2, 0.25) is 0 Å². The highest BCUT2D eigenvalue weighted by atomic mass is 32.2. The highest BCUT2D eigenvalue weighted by Crippen LogP contribution is 2.38. The number of hydrogen-bond donors (Lipinski definition) is 1. The number of rotatable bonds is 6. The molecule has 1 amide bonds. The average molecular weight is 495 g/mol. The van der Waals surface area contributed by atoms with E-state index in [2.05, 4.69) is 15.5 Å². The van der Waals surface area contributed by atoms with Gasteiger partial charge in [-0.3, -0.25) is 14.9 Å². The number of nitrogens with one attached hydrogen (secondary N) is 1. The van der Waals surface area contributed by atoms with Gasteiger partial charge in [0.15, 0.2) is 28.6 Å². The molecule has 0 saturated heterocycles. The number of fused-ring (bicyclic) bond motifs is 1. The molecule has 2 heterocycles. The van der Waals surface area contributed by atoms with Gasteiger partial charge in [0, 0.05) is 19.2 Å². The molecule has 1 atom stereocenters. The summed E-state index contributed by atoms with van der Waals surface area (Å²) in [5.74, 6) is 0.591. The van der Waals surface area contributed by atoms with Crippen molar-refractivity contribution in [1.29, 1.82) is 0 Å². The normalized spacial score (nSPS) is 15.1. The van der Waals surface area contributed by atoms with E-state index in [1.165, 1.54) is 0 Å². The number of nitro benzene ring substituents is 1. The van der Waals surface area contributed by atoms with Gasteiger partial charge < -0.3 is 19.4 Å². The summed E-state index contributed by atoms with van der Waals surface area (Å²) < 4.78 is 53.1. The first kappa shape index (κ1) is 23.4. The van der Waals surface area contributed by atoms with Gasteiger partial charge in [-0.25, -0.2) is 0 Å². The third kappa shape index (κ3) is 4.90. The SMILES string of the molecule is Cn1c(SCC(=O)Nc2ccc([N+](=O)[O-])cc2C(F)(F)F)nnc1C1COc2ccccc2O1. The number of non-ortho nitro benzene ring substituents is 1. The van der Waals surface area contributed by atoms with Gasteiger partial charge in [0.25, 0.3) is 5.69 Å². The molecule has 0 saturated carbocycles. The van der Waals surface area contributed by atoms with Crippen LogP contribution in [0.5, 0.6) is 11.5 Å². The smallest absolute Gasteiger partial charge is 0.418 e. The number of aromatic nitrogens is 3. The van der Waals surface area contributed by atoms with Crippen molar-refractivity contribution in [2.75, 3.05) is 17.7 Å². The lowest BCUT2D eigenvalue weighted by molar-refractivity contribution is -0.385. The molecule has 1 unspecified atom stereocenters. The van der Waals surface area contributed by atoms with E-state index in [9.17, 15) is 28.1 Å². The first-order chi connectivity index (χ1) is 16.1. The Hall–Kier alpha value is -3.81. The van der Waals surface area contributed by atoms with Gasteiger partial charge in [0.1, 0.15) is 6.61 Å². The second kappa shape index (κ2) is 9.21. The number of carbonyl (C=O) groups excluding carboxylic acids is 1. The van der Waals surface area contributed by atoms with E-state index >= 15 is 0 Å². The number of ether oxygens (including phenoxy) is 2. The van der Waals surface area contributed by atoms with Crippen LogP contribution in [-0.4, -0.2) is 38.0 Å². The first-order valence-corrected chi connectivity index (χ1v) is 10.7. The van der Waals surface area contributed by atoms with Gasteiger partial charge in [-0.15, -0.1) is 10.2 Å². The number of para-hydroxylation sites is 2. The summed E-state index contributed by atoms with van der Waals surface area (Å²) in [4.78, 5) is 22.2. The average Bonchev–Trinajstić information content (AvgIpc) is 3.17. The Morgan fingerprint density at radius 3 is 2.71 bits per heavy atom. The van der Waals surface area contributed by atoms with Crippen molar-refractivity contribution in [1.82, 2.24) is 14.8 Å². The summed E-state index contributed by atoms with van der Waals surface area (Å²) >= 11 is 0.958. The monoisotopic (exact) mass is 495 g/mol. The maximum atomic E-state index is 13.3. The van der Waals surface area contributed by atoms with Crippen molar-refractivity contribution in [2.45, 2.75) is 17.4 Å². The van der Waals surface area contributed by atoms with E-state index in [1.54, 1.807) is 29.8 Å². The number of nitrogens with zero attached hydrogens (tertiary/aromatic N) is 4. The fourth-order valence-corrected chi connectivity index (χ4v) is 3.90. The van der Waals surface area contributed by atoms with Crippen molar-refractivity contribution >= 4 is 29.0 Å². The molecule has 4 rings (SSSR count). The molecule has 0 spiro atoms. The van der Waals surface area contributed by atoms with E-state index in [-0.39, 0.29) is 12.4 Å². The highest BCUT2D eigenvalue weighted by Gasteiger charge is 2.35. The third-order valence-corrected chi connectivity index (χ3v) is 5.81. The van der Waals surface area contributed by atoms with Gasteiger partial charge in [-0.05, 0) is 18.2 Å². The van der Waals surface area contributed by atoms with Crippen LogP contribution >= 0.6 is 11.8 Å². The lowest BCUT2D eigenvalue weighted by Gasteiger charge is -2.25. The number of alkyl halides is 3. The van der Waals surface area contributed by atoms with Gasteiger partial charge in [-0.1, -0.05) is 23.9 Å². The number of halogens is 3. The van der Waals surface area contributed by atoms with E-state index in [1.807, 2.05) is 6.07 Å². The molecule has 178 valence electrons. The summed E-state index contributed by atoms with van der Waals surface area (Å²) in [5, 5.41) is 21.4. The number of benzene rings is 2. The molecular formula is C20H16F3N5O5S. The van der Waals surface area contributed by atoms with E-state index in [4.69, 9.17) is 9.47 Å². The zero-order valence-corrected chi connectivity index (χ0v) is 18.2. The van der Waals surface area contributed by atoms with Gasteiger partial charge in [0.2, 0.25) is 5.91 Å². The van der Waals surface area contributed by atoms with E-state index < -0.39 is 40.0 Å². The maximum Gasteiger partial charge on any atom is 0.418 e. The number of anilines is 1. The van der Waals surface area contributed by atoms with Crippen LogP contribution in [0.4, 0.5) is 24.5 Å². The fraction of sp³-hybridized carbons (Fsp3) is 0.250. The highest BCUT2D eigenvalue weighted by molar-refractivity contribution is 7.99. The van der Waals surface area contributed by atoms with Crippen molar-refractivity contribution < 1.29 is 32.4 Å². The second-order valence-corrected chi connectivity index (χ2v) is 8.03. The Morgan fingerprint density at radius 1 is 1.26 bits per heavy atom. The van der Waals surface area contributed by atoms with Gasteiger partial charge in [0.05, 0.1) is 21.9 Å². The van der Waals surface area contributed by atoms with Crippen molar-refractivity contribution in [2.24, 2.45) is 7.05 Å². The summed E-state index contributed by atoms with van der Waals surface area (Å²) in [6.07, 6.45) is -5.42. The number of hydrogen-bond acceptors (Lipinski definition) is 8. The zero-order chi connectivity index (χ0) is 24.5. The number of thioether (sulfide) groups is 1. The maximum absolute atomic E-state index is 13.3. The lowest BCUT2D eigenvalue weighted by atomic mass is 10.1. The Bertz CT molecular complexity index is 1250. The quantitative estimate of drug-likeness (QED) is 0.310. The van der Waals surface area contributed by atoms with Gasteiger partial charge >= 0.3 is 6.18 Å². The molecule has 0 fully saturated rings. The molecule has 1 aromatic heterocycles. The standard InChI is InChI=1S/C20H16F3N5O5S/c1-27-18(16-9-32-14-4-2-3-5-15(14)33-16)25-26-19(27)34-10-17(29)24-13-7-6-11(28(30)31)8-12(13)20(21,22)23/h2-8,16H,9-10H2,1H3,(H,24,29). The molecule has 14 heteroatoms. The van der Waals surface area contributed by atoms with Crippen LogP contribution in [-0.2, 0) is 18.0 Å². The van der Waals surface area contributed by atoms with Crippen molar-refractivity contribution in [3.63, 3.8) is 0 Å². The summed E-state index contributed by atoms with van der Waals surface area (Å²) in [7, 11) is 1.66.